The first-order valence-electron chi connectivity index (χ1n) is 10.4. The van der Waals surface area contributed by atoms with E-state index in [0.29, 0.717) is 36.4 Å². The third-order valence-electron chi connectivity index (χ3n) is 5.61. The maximum Gasteiger partial charge on any atom is 0.267 e. The van der Waals surface area contributed by atoms with E-state index in [2.05, 4.69) is 20.4 Å². The van der Waals surface area contributed by atoms with E-state index in [1.807, 2.05) is 61.5 Å². The zero-order valence-electron chi connectivity index (χ0n) is 17.6. The van der Waals surface area contributed by atoms with Crippen LogP contribution >= 0.6 is 0 Å². The van der Waals surface area contributed by atoms with Gasteiger partial charge in [-0.1, -0.05) is 42.5 Å². The minimum Gasteiger partial charge on any atom is -0.351 e. The van der Waals surface area contributed by atoms with Crippen LogP contribution in [0.3, 0.4) is 0 Å². The number of hydrogen-bond acceptors (Lipinski definition) is 4. The maximum atomic E-state index is 12.9. The molecule has 3 heterocycles. The summed E-state index contributed by atoms with van der Waals surface area (Å²) in [6, 6.07) is 17.5. The Bertz CT molecular complexity index is 1460. The average Bonchev–Trinajstić information content (AvgIpc) is 3.42. The molecule has 8 nitrogen and oxygen atoms in total. The van der Waals surface area contributed by atoms with Crippen molar-refractivity contribution in [1.29, 1.82) is 0 Å². The minimum atomic E-state index is -0.189. The largest absolute Gasteiger partial charge is 0.351 e. The third kappa shape index (κ3) is 3.66. The number of hydrogen-bond donors (Lipinski definition) is 2. The number of aromatic amines is 1. The molecule has 0 unspecified atom stereocenters. The Labute approximate surface area is 183 Å². The zero-order valence-corrected chi connectivity index (χ0v) is 17.6. The molecule has 5 rings (SSSR count). The lowest BCUT2D eigenvalue weighted by Crippen LogP contribution is -2.28. The Balaban J connectivity index is 1.29. The van der Waals surface area contributed by atoms with Gasteiger partial charge < -0.3 is 10.3 Å². The molecular weight excluding hydrogens is 404 g/mol. The highest BCUT2D eigenvalue weighted by Gasteiger charge is 2.12. The highest BCUT2D eigenvalue weighted by molar-refractivity contribution is 5.97. The van der Waals surface area contributed by atoms with Crippen molar-refractivity contribution in [3.63, 3.8) is 0 Å². The minimum absolute atomic E-state index is 0.133. The van der Waals surface area contributed by atoms with Crippen molar-refractivity contribution < 1.29 is 4.79 Å². The van der Waals surface area contributed by atoms with Gasteiger partial charge in [-0.05, 0) is 30.2 Å². The molecule has 1 amide bonds. The number of aromatic nitrogens is 5. The number of carbonyl (C=O) groups is 1. The van der Waals surface area contributed by atoms with Gasteiger partial charge in [0, 0.05) is 17.4 Å². The third-order valence-corrected chi connectivity index (χ3v) is 5.61. The lowest BCUT2D eigenvalue weighted by atomic mass is 10.1. The Hall–Kier alpha value is -4.20. The summed E-state index contributed by atoms with van der Waals surface area (Å²) in [5.74, 6) is -0.189. The van der Waals surface area contributed by atoms with Crippen molar-refractivity contribution in [2.45, 2.75) is 20.0 Å². The predicted octanol–water partition coefficient (Wildman–Crippen LogP) is 2.86. The van der Waals surface area contributed by atoms with Gasteiger partial charge in [-0.2, -0.15) is 5.10 Å². The van der Waals surface area contributed by atoms with Crippen LogP contribution < -0.4 is 10.9 Å². The molecule has 5 aromatic rings. The summed E-state index contributed by atoms with van der Waals surface area (Å²) in [5, 5.41) is 8.64. The molecule has 8 heteroatoms. The van der Waals surface area contributed by atoms with Crippen molar-refractivity contribution in [3.05, 3.63) is 94.3 Å². The molecule has 0 aliphatic rings. The molecule has 0 spiro atoms. The Morgan fingerprint density at radius 2 is 1.94 bits per heavy atom. The summed E-state index contributed by atoms with van der Waals surface area (Å²) < 4.78 is 3.23. The van der Waals surface area contributed by atoms with E-state index >= 15 is 0 Å². The smallest absolute Gasteiger partial charge is 0.267 e. The van der Waals surface area contributed by atoms with Crippen LogP contribution in [0.2, 0.25) is 0 Å². The number of fused-ring (bicyclic) bond motifs is 2. The quantitative estimate of drug-likeness (QED) is 0.436. The molecule has 32 heavy (non-hydrogen) atoms. The molecule has 0 fully saturated rings. The number of rotatable bonds is 6. The highest BCUT2D eigenvalue weighted by atomic mass is 16.2. The van der Waals surface area contributed by atoms with Crippen molar-refractivity contribution in [1.82, 2.24) is 29.6 Å². The molecule has 0 saturated heterocycles. The number of para-hydroxylation sites is 1. The van der Waals surface area contributed by atoms with Gasteiger partial charge in [0.25, 0.3) is 11.5 Å². The lowest BCUT2D eigenvalue weighted by molar-refractivity contribution is 0.0948. The summed E-state index contributed by atoms with van der Waals surface area (Å²) in [4.78, 5) is 32.9. The van der Waals surface area contributed by atoms with Crippen LogP contribution in [0.4, 0.5) is 0 Å². The molecule has 0 saturated carbocycles. The number of nitrogens with zero attached hydrogens (tertiary/aromatic N) is 4. The van der Waals surface area contributed by atoms with E-state index in [1.54, 1.807) is 21.8 Å². The molecule has 160 valence electrons. The van der Waals surface area contributed by atoms with E-state index in [9.17, 15) is 9.59 Å². The van der Waals surface area contributed by atoms with Gasteiger partial charge in [-0.15, -0.1) is 0 Å². The second kappa shape index (κ2) is 8.14. The number of nitrogens with one attached hydrogen (secondary N) is 2. The zero-order chi connectivity index (χ0) is 22.1. The Kier molecular flexibility index (Phi) is 5.03. The molecule has 3 aromatic heterocycles. The van der Waals surface area contributed by atoms with Crippen LogP contribution in [0, 0.1) is 6.92 Å². The maximum absolute atomic E-state index is 12.9. The molecule has 0 bridgehead atoms. The number of amides is 1. The van der Waals surface area contributed by atoms with E-state index in [4.69, 9.17) is 0 Å². The number of carbonyl (C=O) groups excluding carboxylic acids is 1. The molecule has 0 aliphatic heterocycles. The first kappa shape index (κ1) is 19.7. The summed E-state index contributed by atoms with van der Waals surface area (Å²) >= 11 is 0. The summed E-state index contributed by atoms with van der Waals surface area (Å²) in [7, 11) is 0. The van der Waals surface area contributed by atoms with E-state index in [0.717, 1.165) is 22.0 Å². The fourth-order valence-corrected chi connectivity index (χ4v) is 3.81. The predicted molar refractivity (Wildman–Crippen MR) is 123 cm³/mol. The van der Waals surface area contributed by atoms with Gasteiger partial charge in [-0.3, -0.25) is 14.2 Å². The van der Waals surface area contributed by atoms with Crippen molar-refractivity contribution in [2.24, 2.45) is 0 Å². The van der Waals surface area contributed by atoms with E-state index in [1.165, 1.54) is 0 Å². The van der Waals surface area contributed by atoms with Crippen LogP contribution in [-0.2, 0) is 13.1 Å². The summed E-state index contributed by atoms with van der Waals surface area (Å²) in [6.07, 6.45) is 3.09. The van der Waals surface area contributed by atoms with Gasteiger partial charge >= 0.3 is 0 Å². The Morgan fingerprint density at radius 3 is 2.78 bits per heavy atom. The average molecular weight is 426 g/mol. The SMILES string of the molecule is Cc1ccccc1Cn1cnc2c(cnn2CCNC(=O)c2cc3ccccc3[nH]2)c1=O. The van der Waals surface area contributed by atoms with E-state index < -0.39 is 0 Å². The number of aryl methyl sites for hydroxylation is 1. The fourth-order valence-electron chi connectivity index (χ4n) is 3.81. The second-order valence-corrected chi connectivity index (χ2v) is 7.74. The van der Waals surface area contributed by atoms with Crippen molar-refractivity contribution in [2.75, 3.05) is 6.54 Å². The Morgan fingerprint density at radius 1 is 1.12 bits per heavy atom. The van der Waals surface area contributed by atoms with Gasteiger partial charge in [0.2, 0.25) is 0 Å². The van der Waals surface area contributed by atoms with Crippen LogP contribution in [0.5, 0.6) is 0 Å². The van der Waals surface area contributed by atoms with Crippen LogP contribution in [0.1, 0.15) is 21.6 Å². The molecular formula is C24H22N6O2. The van der Waals surface area contributed by atoms with Gasteiger partial charge in [0.1, 0.15) is 17.4 Å². The standard InChI is InChI=1S/C24H22N6O2/c1-16-6-2-3-8-18(16)14-29-15-26-22-19(24(29)32)13-27-30(22)11-10-25-23(31)21-12-17-7-4-5-9-20(17)28-21/h2-9,12-13,15,28H,10-11,14H2,1H3,(H,25,31). The highest BCUT2D eigenvalue weighted by Crippen LogP contribution is 2.14. The van der Waals surface area contributed by atoms with Crippen LogP contribution in [0.15, 0.2) is 71.9 Å². The van der Waals surface area contributed by atoms with Gasteiger partial charge in [-0.25, -0.2) is 9.67 Å². The second-order valence-electron chi connectivity index (χ2n) is 7.74. The van der Waals surface area contributed by atoms with Gasteiger partial charge in [0.05, 0.1) is 19.3 Å². The molecule has 0 radical (unpaired) electrons. The monoisotopic (exact) mass is 426 g/mol. The molecule has 2 aromatic carbocycles. The lowest BCUT2D eigenvalue weighted by Gasteiger charge is -2.09. The topological polar surface area (TPSA) is 97.6 Å². The number of H-pyrrole nitrogens is 1. The van der Waals surface area contributed by atoms with Crippen molar-refractivity contribution >= 4 is 27.8 Å². The summed E-state index contributed by atoms with van der Waals surface area (Å²) in [5.41, 5.74) is 4.00. The summed E-state index contributed by atoms with van der Waals surface area (Å²) in [6.45, 7) is 3.25. The first-order valence-corrected chi connectivity index (χ1v) is 10.4. The molecule has 0 atom stereocenters. The molecule has 0 aliphatic carbocycles. The van der Waals surface area contributed by atoms with Gasteiger partial charge in [0.15, 0.2) is 5.65 Å². The van der Waals surface area contributed by atoms with E-state index in [-0.39, 0.29) is 11.5 Å². The number of benzene rings is 2. The first-order chi connectivity index (χ1) is 15.6. The molecule has 2 N–H and O–H groups in total. The van der Waals surface area contributed by atoms with Crippen LogP contribution in [0.25, 0.3) is 21.9 Å². The van der Waals surface area contributed by atoms with Crippen molar-refractivity contribution in [3.8, 4) is 0 Å². The normalized spacial score (nSPS) is 11.3. The van der Waals surface area contributed by atoms with Crippen LogP contribution in [-0.4, -0.2) is 36.8 Å². The fraction of sp³-hybridized carbons (Fsp3) is 0.167.